The molecule has 2 rings (SSSR count). The highest BCUT2D eigenvalue weighted by molar-refractivity contribution is 8.13. The Morgan fingerprint density at radius 1 is 1.29 bits per heavy atom. The van der Waals surface area contributed by atoms with Gasteiger partial charge in [0, 0.05) is 15.7 Å². The molecule has 7 heteroatoms. The van der Waals surface area contributed by atoms with E-state index in [0.717, 1.165) is 0 Å². The predicted molar refractivity (Wildman–Crippen MR) is 66.1 cm³/mol. The van der Waals surface area contributed by atoms with Crippen molar-refractivity contribution in [1.82, 2.24) is 0 Å². The molecular weight excluding hydrogens is 285 g/mol. The molecule has 1 aliphatic heterocycles. The van der Waals surface area contributed by atoms with Gasteiger partial charge >= 0.3 is 0 Å². The second-order valence-corrected chi connectivity index (χ2v) is 7.31. The second kappa shape index (κ2) is 3.60. The fourth-order valence-electron chi connectivity index (χ4n) is 1.79. The molecule has 1 aliphatic rings. The molecule has 0 fully saturated rings. The molecule has 4 nitrogen and oxygen atoms in total. The van der Waals surface area contributed by atoms with Gasteiger partial charge in [0.05, 0.1) is 11.1 Å². The van der Waals surface area contributed by atoms with E-state index in [2.05, 4.69) is 5.32 Å². The Hall–Kier alpha value is -0.780. The molecule has 0 unspecified atom stereocenters. The van der Waals surface area contributed by atoms with E-state index in [0.29, 0.717) is 5.56 Å². The molecule has 17 heavy (non-hydrogen) atoms. The van der Waals surface area contributed by atoms with Crippen LogP contribution in [0.3, 0.4) is 0 Å². The smallest absolute Gasteiger partial charge is 0.263 e. The topological polar surface area (TPSA) is 63.2 Å². The molecule has 1 aromatic carbocycles. The SMILES string of the molecule is CC1(C)C(=O)Nc2c1cc(Cl)cc2S(=O)(=O)Cl. The maximum atomic E-state index is 11.8. The van der Waals surface area contributed by atoms with Gasteiger partial charge in [0.25, 0.3) is 9.05 Å². The summed E-state index contributed by atoms with van der Waals surface area (Å²) in [5.74, 6) is -0.281. The zero-order valence-corrected chi connectivity index (χ0v) is 11.4. The summed E-state index contributed by atoms with van der Waals surface area (Å²) in [5.41, 5.74) is -0.0649. The van der Waals surface area contributed by atoms with Crippen molar-refractivity contribution in [2.24, 2.45) is 0 Å². The Bertz CT molecular complexity index is 623. The third kappa shape index (κ3) is 1.92. The monoisotopic (exact) mass is 293 g/mol. The Morgan fingerprint density at radius 3 is 2.41 bits per heavy atom. The summed E-state index contributed by atoms with van der Waals surface area (Å²) < 4.78 is 22.8. The fourth-order valence-corrected chi connectivity index (χ4v) is 3.11. The molecule has 1 N–H and O–H groups in total. The number of hydrogen-bond donors (Lipinski definition) is 1. The van der Waals surface area contributed by atoms with E-state index < -0.39 is 14.5 Å². The molecule has 1 heterocycles. The molecule has 0 aromatic heterocycles. The van der Waals surface area contributed by atoms with Gasteiger partial charge in [-0.1, -0.05) is 11.6 Å². The number of carbonyl (C=O) groups is 1. The van der Waals surface area contributed by atoms with Gasteiger partial charge < -0.3 is 5.32 Å². The van der Waals surface area contributed by atoms with Crippen LogP contribution in [0.1, 0.15) is 19.4 Å². The first-order valence-electron chi connectivity index (χ1n) is 4.74. The van der Waals surface area contributed by atoms with Gasteiger partial charge in [-0.05, 0) is 31.5 Å². The van der Waals surface area contributed by atoms with E-state index in [4.69, 9.17) is 22.3 Å². The maximum absolute atomic E-state index is 11.8. The van der Waals surface area contributed by atoms with Crippen molar-refractivity contribution in [3.63, 3.8) is 0 Å². The molecule has 1 amide bonds. The van der Waals surface area contributed by atoms with Crippen molar-refractivity contribution in [1.29, 1.82) is 0 Å². The number of anilines is 1. The summed E-state index contributed by atoms with van der Waals surface area (Å²) in [6.45, 7) is 3.38. The number of nitrogens with one attached hydrogen (secondary N) is 1. The van der Waals surface area contributed by atoms with E-state index in [1.54, 1.807) is 19.9 Å². The number of amides is 1. The molecule has 92 valence electrons. The summed E-state index contributed by atoms with van der Waals surface area (Å²) in [7, 11) is 1.37. The minimum Gasteiger partial charge on any atom is -0.324 e. The lowest BCUT2D eigenvalue weighted by molar-refractivity contribution is -0.119. The van der Waals surface area contributed by atoms with Crippen LogP contribution in [0, 0.1) is 0 Å². The van der Waals surface area contributed by atoms with Crippen molar-refractivity contribution in [2.75, 3.05) is 5.32 Å². The minimum absolute atomic E-state index is 0.166. The van der Waals surface area contributed by atoms with Crippen molar-refractivity contribution >= 4 is 42.9 Å². The standard InChI is InChI=1S/C10H9Cl2NO3S/c1-10(2)6-3-5(11)4-7(17(12,15)16)8(6)13-9(10)14/h3-4H,1-2H3,(H,13,14). The first kappa shape index (κ1) is 12.7. The van der Waals surface area contributed by atoms with Crippen LogP contribution in [-0.2, 0) is 19.3 Å². The first-order chi connectivity index (χ1) is 7.64. The predicted octanol–water partition coefficient (Wildman–Crippen LogP) is 2.50. The van der Waals surface area contributed by atoms with Gasteiger partial charge in [0.15, 0.2) is 0 Å². The van der Waals surface area contributed by atoms with Gasteiger partial charge in [-0.3, -0.25) is 4.79 Å². The molecule has 0 saturated carbocycles. The number of fused-ring (bicyclic) bond motifs is 1. The normalized spacial score (nSPS) is 17.8. The Balaban J connectivity index is 2.83. The number of carbonyl (C=O) groups excluding carboxylic acids is 1. The van der Waals surface area contributed by atoms with Crippen LogP contribution in [0.25, 0.3) is 0 Å². The van der Waals surface area contributed by atoms with Crippen LogP contribution >= 0.6 is 22.3 Å². The average Bonchev–Trinajstić information content (AvgIpc) is 2.38. The first-order valence-corrected chi connectivity index (χ1v) is 7.43. The van der Waals surface area contributed by atoms with Crippen molar-refractivity contribution < 1.29 is 13.2 Å². The summed E-state index contributed by atoms with van der Waals surface area (Å²) in [6.07, 6.45) is 0. The summed E-state index contributed by atoms with van der Waals surface area (Å²) >= 11 is 5.85. The maximum Gasteiger partial charge on any atom is 0.263 e. The van der Waals surface area contributed by atoms with Gasteiger partial charge in [0.1, 0.15) is 4.90 Å². The minimum atomic E-state index is -3.95. The van der Waals surface area contributed by atoms with Gasteiger partial charge in [0.2, 0.25) is 5.91 Å². The molecule has 1 aromatic rings. The molecule has 0 radical (unpaired) electrons. The van der Waals surface area contributed by atoms with Crippen molar-refractivity contribution in [3.8, 4) is 0 Å². The fraction of sp³-hybridized carbons (Fsp3) is 0.300. The van der Waals surface area contributed by atoms with E-state index in [1.165, 1.54) is 6.07 Å². The van der Waals surface area contributed by atoms with E-state index in [9.17, 15) is 13.2 Å². The van der Waals surface area contributed by atoms with Crippen molar-refractivity contribution in [3.05, 3.63) is 22.7 Å². The molecule has 0 saturated heterocycles. The lowest BCUT2D eigenvalue weighted by Gasteiger charge is -2.15. The molecule has 0 bridgehead atoms. The number of benzene rings is 1. The van der Waals surface area contributed by atoms with Crippen LogP contribution < -0.4 is 5.32 Å². The summed E-state index contributed by atoms with van der Waals surface area (Å²) in [5, 5.41) is 2.76. The van der Waals surface area contributed by atoms with Crippen LogP contribution in [0.4, 0.5) is 5.69 Å². The van der Waals surface area contributed by atoms with Gasteiger partial charge in [-0.15, -0.1) is 0 Å². The third-order valence-corrected chi connectivity index (χ3v) is 4.37. The Kier molecular flexibility index (Phi) is 2.69. The largest absolute Gasteiger partial charge is 0.324 e. The van der Waals surface area contributed by atoms with Crippen molar-refractivity contribution in [2.45, 2.75) is 24.2 Å². The van der Waals surface area contributed by atoms with Gasteiger partial charge in [-0.25, -0.2) is 8.42 Å². The van der Waals surface area contributed by atoms with Crippen LogP contribution in [-0.4, -0.2) is 14.3 Å². The molecule has 0 spiro atoms. The van der Waals surface area contributed by atoms with Crippen LogP contribution in [0.2, 0.25) is 5.02 Å². The van der Waals surface area contributed by atoms with Crippen LogP contribution in [0.5, 0.6) is 0 Å². The van der Waals surface area contributed by atoms with E-state index >= 15 is 0 Å². The zero-order valence-electron chi connectivity index (χ0n) is 9.04. The quantitative estimate of drug-likeness (QED) is 0.809. The summed E-state index contributed by atoms with van der Waals surface area (Å²) in [4.78, 5) is 11.6. The Morgan fingerprint density at radius 2 is 1.88 bits per heavy atom. The van der Waals surface area contributed by atoms with Gasteiger partial charge in [-0.2, -0.15) is 0 Å². The summed E-state index contributed by atoms with van der Waals surface area (Å²) in [6, 6.07) is 2.80. The number of halogens is 2. The zero-order chi connectivity index (χ0) is 13.0. The number of rotatable bonds is 1. The van der Waals surface area contributed by atoms with E-state index in [1.807, 2.05) is 0 Å². The third-order valence-electron chi connectivity index (χ3n) is 2.81. The highest BCUT2D eigenvalue weighted by atomic mass is 35.7. The lowest BCUT2D eigenvalue weighted by Crippen LogP contribution is -2.26. The highest BCUT2D eigenvalue weighted by Crippen LogP contribution is 2.43. The molecule has 0 aliphatic carbocycles. The number of hydrogen-bond acceptors (Lipinski definition) is 3. The van der Waals surface area contributed by atoms with Crippen LogP contribution in [0.15, 0.2) is 17.0 Å². The highest BCUT2D eigenvalue weighted by Gasteiger charge is 2.41. The molecular formula is C10H9Cl2NO3S. The Labute approximate surface area is 108 Å². The second-order valence-electron chi connectivity index (χ2n) is 4.34. The molecule has 0 atom stereocenters. The lowest BCUT2D eigenvalue weighted by atomic mass is 9.86. The average molecular weight is 294 g/mol. The van der Waals surface area contributed by atoms with E-state index in [-0.39, 0.29) is 21.5 Å².